The molecule has 0 atom stereocenters. The largest absolute Gasteiger partial charge is 0.511 e. The highest BCUT2D eigenvalue weighted by Crippen LogP contribution is 2.21. The van der Waals surface area contributed by atoms with Crippen molar-refractivity contribution in [2.75, 3.05) is 19.0 Å². The first-order chi connectivity index (χ1) is 6.32. The second-order valence-corrected chi connectivity index (χ2v) is 3.45. The first-order valence-corrected chi connectivity index (χ1v) is 4.23. The summed E-state index contributed by atoms with van der Waals surface area (Å²) < 4.78 is 36.8. The molecule has 2 nitrogen and oxygen atoms in total. The second-order valence-electron chi connectivity index (χ2n) is 3.04. The van der Waals surface area contributed by atoms with Crippen molar-refractivity contribution in [1.82, 2.24) is 4.98 Å². The maximum atomic E-state index is 12.3. The van der Waals surface area contributed by atoms with Crippen molar-refractivity contribution < 1.29 is 12.9 Å². The van der Waals surface area contributed by atoms with Crippen LogP contribution in [0.25, 0.3) is 0 Å². The van der Waals surface area contributed by atoms with Crippen LogP contribution in [0.4, 0.5) is 18.8 Å². The molecule has 1 heterocycles. The summed E-state index contributed by atoms with van der Waals surface area (Å²) in [6, 6.07) is 0.893. The van der Waals surface area contributed by atoms with E-state index in [9.17, 15) is 12.9 Å². The molecule has 0 N–H and O–H groups in total. The number of nitrogens with zero attached hydrogens (tertiary/aromatic N) is 2. The van der Waals surface area contributed by atoms with Gasteiger partial charge in [-0.25, -0.2) is 4.98 Å². The average molecular weight is 223 g/mol. The van der Waals surface area contributed by atoms with Crippen molar-refractivity contribution in [3.05, 3.63) is 17.3 Å². The lowest BCUT2D eigenvalue weighted by molar-refractivity contribution is 0.500. The molecule has 0 aliphatic heterocycles. The number of pyridine rings is 1. The minimum Gasteiger partial charge on any atom is -0.445 e. The van der Waals surface area contributed by atoms with Crippen LogP contribution in [0.1, 0.15) is 0 Å². The molecule has 1 aromatic heterocycles. The molecule has 1 rings (SSSR count). The number of aromatic nitrogens is 1. The Hall–Kier alpha value is -0.905. The zero-order valence-corrected chi connectivity index (χ0v) is 8.39. The van der Waals surface area contributed by atoms with Crippen LogP contribution < -0.4 is 10.4 Å². The van der Waals surface area contributed by atoms with Gasteiger partial charge in [-0.3, -0.25) is 0 Å². The fourth-order valence-corrected chi connectivity index (χ4v) is 1.30. The zero-order valence-electron chi connectivity index (χ0n) is 7.64. The van der Waals surface area contributed by atoms with Crippen molar-refractivity contribution in [2.24, 2.45) is 0 Å². The summed E-state index contributed by atoms with van der Waals surface area (Å²) in [6.07, 6.45) is 0.793. The Morgan fingerprint density at radius 3 is 2.29 bits per heavy atom. The Kier molecular flexibility index (Phi) is 2.94. The van der Waals surface area contributed by atoms with Crippen molar-refractivity contribution in [3.8, 4) is 0 Å². The van der Waals surface area contributed by atoms with Crippen LogP contribution in [0.5, 0.6) is 0 Å². The highest BCUT2D eigenvalue weighted by molar-refractivity contribution is 6.73. The number of halogens is 4. The van der Waals surface area contributed by atoms with E-state index in [1.165, 1.54) is 0 Å². The van der Waals surface area contributed by atoms with Crippen LogP contribution in [0, 0.1) is 0 Å². The molecule has 14 heavy (non-hydrogen) atoms. The van der Waals surface area contributed by atoms with Gasteiger partial charge in [0.05, 0.1) is 5.02 Å². The van der Waals surface area contributed by atoms with E-state index in [1.54, 1.807) is 19.0 Å². The van der Waals surface area contributed by atoms with E-state index >= 15 is 0 Å². The third-order valence-electron chi connectivity index (χ3n) is 1.64. The Balaban J connectivity index is 3.13. The maximum absolute atomic E-state index is 12.3. The van der Waals surface area contributed by atoms with E-state index < -0.39 is 12.4 Å². The van der Waals surface area contributed by atoms with Crippen LogP contribution in [-0.4, -0.2) is 26.1 Å². The molecule has 0 radical (unpaired) electrons. The van der Waals surface area contributed by atoms with Crippen molar-refractivity contribution >= 4 is 29.9 Å². The van der Waals surface area contributed by atoms with Gasteiger partial charge in [0.25, 0.3) is 0 Å². The van der Waals surface area contributed by atoms with Crippen molar-refractivity contribution in [3.63, 3.8) is 0 Å². The Labute approximate surface area is 84.7 Å². The molecule has 0 aliphatic rings. The summed E-state index contributed by atoms with van der Waals surface area (Å²) in [5.41, 5.74) is -0.777. The molecule has 0 aromatic carbocycles. The molecule has 0 spiro atoms. The van der Waals surface area contributed by atoms with Gasteiger partial charge in [-0.2, -0.15) is 0 Å². The molecule has 0 saturated heterocycles. The van der Waals surface area contributed by atoms with Gasteiger partial charge in [0, 0.05) is 20.3 Å². The normalized spacial score (nSPS) is 11.6. The Bertz CT molecular complexity index is 340. The summed E-state index contributed by atoms with van der Waals surface area (Å²) in [5, 5.41) is 0.00620. The van der Waals surface area contributed by atoms with E-state index in [0.717, 1.165) is 12.3 Å². The molecule has 1 aromatic rings. The van der Waals surface area contributed by atoms with Crippen LogP contribution in [0.15, 0.2) is 12.3 Å². The lowest BCUT2D eigenvalue weighted by atomic mass is 9.81. The Morgan fingerprint density at radius 1 is 1.36 bits per heavy atom. The average Bonchev–Trinajstić information content (AvgIpc) is 2.01. The molecular weight excluding hydrogens is 215 g/mol. The molecular formula is C7H8BClF3N2-. The lowest BCUT2D eigenvalue weighted by Crippen LogP contribution is -2.34. The fraction of sp³-hybridized carbons (Fsp3) is 0.286. The highest BCUT2D eigenvalue weighted by Gasteiger charge is 2.26. The van der Waals surface area contributed by atoms with Gasteiger partial charge in [-0.15, -0.1) is 0 Å². The van der Waals surface area contributed by atoms with Gasteiger partial charge in [-0.05, 0) is 0 Å². The number of rotatable bonds is 2. The first kappa shape index (κ1) is 11.2. The first-order valence-electron chi connectivity index (χ1n) is 3.85. The third kappa shape index (κ3) is 2.32. The van der Waals surface area contributed by atoms with E-state index in [4.69, 9.17) is 11.6 Å². The summed E-state index contributed by atoms with van der Waals surface area (Å²) in [6.45, 7) is -5.03. The number of hydrogen-bond donors (Lipinski definition) is 0. The van der Waals surface area contributed by atoms with Gasteiger partial charge >= 0.3 is 6.98 Å². The van der Waals surface area contributed by atoms with Crippen LogP contribution in [0.2, 0.25) is 5.02 Å². The third-order valence-corrected chi connectivity index (χ3v) is 1.92. The van der Waals surface area contributed by atoms with Crippen molar-refractivity contribution in [2.45, 2.75) is 0 Å². The summed E-state index contributed by atoms with van der Waals surface area (Å²) >= 11 is 5.64. The van der Waals surface area contributed by atoms with E-state index in [0.29, 0.717) is 5.82 Å². The quantitative estimate of drug-likeness (QED) is 0.712. The van der Waals surface area contributed by atoms with E-state index in [2.05, 4.69) is 4.98 Å². The van der Waals surface area contributed by atoms with Gasteiger partial charge in [0.15, 0.2) is 0 Å². The minimum absolute atomic E-state index is 0.00620. The maximum Gasteiger partial charge on any atom is 0.511 e. The topological polar surface area (TPSA) is 16.1 Å². The molecule has 7 heteroatoms. The monoisotopic (exact) mass is 223 g/mol. The lowest BCUT2D eigenvalue weighted by Gasteiger charge is -2.18. The van der Waals surface area contributed by atoms with Gasteiger partial charge < -0.3 is 17.8 Å². The van der Waals surface area contributed by atoms with Crippen LogP contribution in [-0.2, 0) is 0 Å². The number of hydrogen-bond acceptors (Lipinski definition) is 2. The summed E-state index contributed by atoms with van der Waals surface area (Å²) in [4.78, 5) is 5.18. The van der Waals surface area contributed by atoms with E-state index in [-0.39, 0.29) is 5.02 Å². The molecule has 0 bridgehead atoms. The SMILES string of the molecule is CN(C)c1ncc([B-](F)(F)F)cc1Cl. The fourth-order valence-electron chi connectivity index (χ4n) is 0.954. The standard InChI is InChI=1S/C7H8BClF3N2/c1-14(2)7-6(9)3-5(4-13-7)8(10,11)12/h3-4H,1-2H3/q-1. The molecule has 78 valence electrons. The summed E-state index contributed by atoms with van der Waals surface area (Å²) in [7, 11) is 3.32. The van der Waals surface area contributed by atoms with Gasteiger partial charge in [0.2, 0.25) is 0 Å². The molecule has 0 amide bonds. The highest BCUT2D eigenvalue weighted by atomic mass is 35.5. The predicted molar refractivity (Wildman–Crippen MR) is 52.3 cm³/mol. The van der Waals surface area contributed by atoms with Crippen LogP contribution >= 0.6 is 11.6 Å². The summed E-state index contributed by atoms with van der Waals surface area (Å²) in [5.74, 6) is 0.329. The van der Waals surface area contributed by atoms with Crippen molar-refractivity contribution in [1.29, 1.82) is 0 Å². The molecule has 0 unspecified atom stereocenters. The molecule has 0 fully saturated rings. The van der Waals surface area contributed by atoms with Crippen LogP contribution in [0.3, 0.4) is 0 Å². The van der Waals surface area contributed by atoms with Gasteiger partial charge in [-0.1, -0.05) is 23.1 Å². The predicted octanol–water partition coefficient (Wildman–Crippen LogP) is 1.86. The van der Waals surface area contributed by atoms with E-state index in [1.807, 2.05) is 0 Å². The second kappa shape index (κ2) is 3.69. The Morgan fingerprint density at radius 2 is 1.93 bits per heavy atom. The number of anilines is 1. The van der Waals surface area contributed by atoms with Gasteiger partial charge in [0.1, 0.15) is 5.82 Å². The minimum atomic E-state index is -5.03. The zero-order chi connectivity index (χ0) is 10.9. The molecule has 0 aliphatic carbocycles. The smallest absolute Gasteiger partial charge is 0.445 e. The molecule has 0 saturated carbocycles.